The van der Waals surface area contributed by atoms with Crippen LogP contribution in [0.3, 0.4) is 0 Å². The largest absolute Gasteiger partial charge is 0.498 e. The van der Waals surface area contributed by atoms with Crippen LogP contribution in [0.2, 0.25) is 0 Å². The van der Waals surface area contributed by atoms with Crippen LogP contribution in [0.4, 0.5) is 0 Å². The summed E-state index contributed by atoms with van der Waals surface area (Å²) in [4.78, 5) is 21.8. The lowest BCUT2D eigenvalue weighted by Gasteiger charge is -2.35. The second-order valence-electron chi connectivity index (χ2n) is 9.21. The molecule has 0 radical (unpaired) electrons. The van der Waals surface area contributed by atoms with E-state index in [2.05, 4.69) is 9.97 Å². The number of amides is 1. The first-order valence-electron chi connectivity index (χ1n) is 10.6. The third-order valence-corrected chi connectivity index (χ3v) is 8.03. The average molecular weight is 437 g/mol. The summed E-state index contributed by atoms with van der Waals surface area (Å²) in [5.74, 6) is 0.0228. The maximum Gasteiger partial charge on any atom is 0.498 e. The molecule has 2 saturated heterocycles. The molecular formula is C20H32BN3O5S. The van der Waals surface area contributed by atoms with E-state index in [4.69, 9.17) is 9.31 Å². The van der Waals surface area contributed by atoms with Crippen molar-refractivity contribution in [1.82, 2.24) is 14.9 Å². The highest BCUT2D eigenvalue weighted by atomic mass is 32.2. The van der Waals surface area contributed by atoms with Crippen molar-refractivity contribution in [3.05, 3.63) is 12.4 Å². The van der Waals surface area contributed by atoms with Gasteiger partial charge in [-0.2, -0.15) is 0 Å². The molecular weight excluding hydrogens is 405 g/mol. The lowest BCUT2D eigenvalue weighted by atomic mass is 9.81. The zero-order chi connectivity index (χ0) is 22.2. The van der Waals surface area contributed by atoms with E-state index in [1.165, 1.54) is 12.4 Å². The van der Waals surface area contributed by atoms with Crippen LogP contribution in [0, 0.1) is 0 Å². The molecule has 0 aromatic carbocycles. The first-order valence-corrected chi connectivity index (χ1v) is 12.3. The van der Waals surface area contributed by atoms with Gasteiger partial charge in [0.15, 0.2) is 0 Å². The summed E-state index contributed by atoms with van der Waals surface area (Å²) >= 11 is 0. The highest BCUT2D eigenvalue weighted by Gasteiger charge is 2.52. The Labute approximate surface area is 179 Å². The molecule has 3 heterocycles. The molecule has 0 aliphatic carbocycles. The number of aromatic nitrogens is 2. The molecule has 10 heteroatoms. The topological polar surface area (TPSA) is 98.7 Å². The average Bonchev–Trinajstić information content (AvgIpc) is 2.89. The van der Waals surface area contributed by atoms with Gasteiger partial charge in [-0.3, -0.25) is 4.79 Å². The molecule has 0 spiro atoms. The molecule has 1 aromatic rings. The number of carbonyl (C=O) groups is 1. The van der Waals surface area contributed by atoms with E-state index in [1.807, 2.05) is 32.6 Å². The van der Waals surface area contributed by atoms with Gasteiger partial charge in [-0.25, -0.2) is 18.4 Å². The van der Waals surface area contributed by atoms with E-state index in [0.29, 0.717) is 18.3 Å². The summed E-state index contributed by atoms with van der Waals surface area (Å²) in [6.45, 7) is 10.1. The fourth-order valence-electron chi connectivity index (χ4n) is 3.90. The molecule has 0 N–H and O–H groups in total. The van der Waals surface area contributed by atoms with Gasteiger partial charge in [0.1, 0.15) is 0 Å². The number of carbonyl (C=O) groups excluding carboxylic acids is 1. The molecule has 30 heavy (non-hydrogen) atoms. The first kappa shape index (κ1) is 23.2. The zero-order valence-electron chi connectivity index (χ0n) is 18.6. The number of rotatable bonds is 6. The Balaban J connectivity index is 1.60. The monoisotopic (exact) mass is 437 g/mol. The number of sulfone groups is 1. The lowest BCUT2D eigenvalue weighted by Crippen LogP contribution is -2.42. The SMILES string of the molecule is CC(=O)N1CCCCC1CCCS(=O)(=O)c1ncc(B2OC(C)(C)C(C)(C)O2)cn1. The van der Waals surface area contributed by atoms with Gasteiger partial charge in [0, 0.05) is 37.4 Å². The van der Waals surface area contributed by atoms with E-state index in [9.17, 15) is 13.2 Å². The van der Waals surface area contributed by atoms with Crippen molar-refractivity contribution >= 4 is 28.3 Å². The van der Waals surface area contributed by atoms with E-state index in [-0.39, 0.29) is 22.9 Å². The Morgan fingerprint density at radius 3 is 2.33 bits per heavy atom. The van der Waals surface area contributed by atoms with Crippen LogP contribution in [-0.4, -0.2) is 65.9 Å². The van der Waals surface area contributed by atoms with Crippen LogP contribution in [0.15, 0.2) is 17.6 Å². The molecule has 1 amide bonds. The quantitative estimate of drug-likeness (QED) is 0.494. The van der Waals surface area contributed by atoms with Crippen LogP contribution in [-0.2, 0) is 23.9 Å². The van der Waals surface area contributed by atoms with Gasteiger partial charge >= 0.3 is 7.12 Å². The van der Waals surface area contributed by atoms with E-state index in [0.717, 1.165) is 25.8 Å². The van der Waals surface area contributed by atoms with Crippen molar-refractivity contribution in [2.75, 3.05) is 12.3 Å². The second-order valence-corrected chi connectivity index (χ2v) is 11.2. The van der Waals surface area contributed by atoms with Crippen LogP contribution in [0.1, 0.15) is 66.7 Å². The van der Waals surface area contributed by atoms with E-state index in [1.54, 1.807) is 6.92 Å². The minimum atomic E-state index is -3.59. The molecule has 1 atom stereocenters. The van der Waals surface area contributed by atoms with Crippen LogP contribution < -0.4 is 5.46 Å². The zero-order valence-corrected chi connectivity index (χ0v) is 19.4. The third-order valence-electron chi connectivity index (χ3n) is 6.43. The molecule has 0 bridgehead atoms. The van der Waals surface area contributed by atoms with Gasteiger partial charge in [0.25, 0.3) is 0 Å². The molecule has 1 aromatic heterocycles. The molecule has 1 unspecified atom stereocenters. The number of likely N-dealkylation sites (tertiary alicyclic amines) is 1. The van der Waals surface area contributed by atoms with E-state index < -0.39 is 28.2 Å². The van der Waals surface area contributed by atoms with Crippen molar-refractivity contribution in [3.8, 4) is 0 Å². The number of hydrogen-bond donors (Lipinski definition) is 0. The van der Waals surface area contributed by atoms with Gasteiger partial charge in [-0.05, 0) is 59.8 Å². The van der Waals surface area contributed by atoms with Crippen molar-refractivity contribution in [2.45, 2.75) is 89.1 Å². The van der Waals surface area contributed by atoms with Crippen molar-refractivity contribution in [2.24, 2.45) is 0 Å². The molecule has 0 saturated carbocycles. The highest BCUT2D eigenvalue weighted by Crippen LogP contribution is 2.36. The predicted molar refractivity (Wildman–Crippen MR) is 114 cm³/mol. The normalized spacial score (nSPS) is 23.6. The summed E-state index contributed by atoms with van der Waals surface area (Å²) in [6.07, 6.45) is 7.08. The van der Waals surface area contributed by atoms with Gasteiger partial charge in [0.2, 0.25) is 20.9 Å². The molecule has 3 rings (SSSR count). The standard InChI is InChI=1S/C20H32BN3O5S/c1-15(25)24-11-7-6-9-17(24)10-8-12-30(26,27)18-22-13-16(14-23-18)21-28-19(2,3)20(4,5)29-21/h13-14,17H,6-12H2,1-5H3. The number of nitrogens with zero attached hydrogens (tertiary/aromatic N) is 3. The maximum atomic E-state index is 12.7. The molecule has 2 fully saturated rings. The summed E-state index contributed by atoms with van der Waals surface area (Å²) in [5.41, 5.74) is -0.392. The van der Waals surface area contributed by atoms with Crippen LogP contribution in [0.5, 0.6) is 0 Å². The summed E-state index contributed by atoms with van der Waals surface area (Å²) < 4.78 is 37.2. The maximum absolute atomic E-state index is 12.7. The lowest BCUT2D eigenvalue weighted by molar-refractivity contribution is -0.132. The van der Waals surface area contributed by atoms with Gasteiger partial charge < -0.3 is 14.2 Å². The molecule has 2 aliphatic rings. The fourth-order valence-corrected chi connectivity index (χ4v) is 5.06. The second kappa shape index (κ2) is 8.55. The summed E-state index contributed by atoms with van der Waals surface area (Å²) in [5, 5.41) is -0.185. The molecule has 166 valence electrons. The summed E-state index contributed by atoms with van der Waals surface area (Å²) in [6, 6.07) is 0.123. The fraction of sp³-hybridized carbons (Fsp3) is 0.750. The molecule has 2 aliphatic heterocycles. The van der Waals surface area contributed by atoms with Crippen LogP contribution in [0.25, 0.3) is 0 Å². The smallest absolute Gasteiger partial charge is 0.399 e. The number of piperidine rings is 1. The Morgan fingerprint density at radius 1 is 1.17 bits per heavy atom. The van der Waals surface area contributed by atoms with Crippen molar-refractivity contribution in [1.29, 1.82) is 0 Å². The van der Waals surface area contributed by atoms with Gasteiger partial charge in [-0.1, -0.05) is 0 Å². The van der Waals surface area contributed by atoms with Crippen molar-refractivity contribution in [3.63, 3.8) is 0 Å². The predicted octanol–water partition coefficient (Wildman–Crippen LogP) is 1.73. The number of hydrogen-bond acceptors (Lipinski definition) is 7. The Hall–Kier alpha value is -1.52. The Bertz CT molecular complexity index is 857. The third kappa shape index (κ3) is 4.86. The highest BCUT2D eigenvalue weighted by molar-refractivity contribution is 7.91. The van der Waals surface area contributed by atoms with E-state index >= 15 is 0 Å². The first-order chi connectivity index (χ1) is 13.9. The minimum absolute atomic E-state index is 0.0366. The molecule has 8 nitrogen and oxygen atoms in total. The van der Waals surface area contributed by atoms with Gasteiger partial charge in [0.05, 0.1) is 17.0 Å². The van der Waals surface area contributed by atoms with Crippen molar-refractivity contribution < 1.29 is 22.5 Å². The van der Waals surface area contributed by atoms with Crippen LogP contribution >= 0.6 is 0 Å². The minimum Gasteiger partial charge on any atom is -0.399 e. The Morgan fingerprint density at radius 2 is 1.77 bits per heavy atom. The summed E-state index contributed by atoms with van der Waals surface area (Å²) in [7, 11) is -4.22. The van der Waals surface area contributed by atoms with Gasteiger partial charge in [-0.15, -0.1) is 0 Å². The Kier molecular flexibility index (Phi) is 6.60.